The Bertz CT molecular complexity index is 337. The molecule has 0 bridgehead atoms. The third-order valence-corrected chi connectivity index (χ3v) is 2.32. The summed E-state index contributed by atoms with van der Waals surface area (Å²) in [6, 6.07) is 3.46. The van der Waals surface area contributed by atoms with Crippen LogP contribution in [0.3, 0.4) is 0 Å². The highest BCUT2D eigenvalue weighted by atomic mass is 16.1. The number of amides is 1. The molecule has 1 rings (SSSR count). The van der Waals surface area contributed by atoms with Gasteiger partial charge in [-0.15, -0.1) is 10.2 Å². The van der Waals surface area contributed by atoms with Crippen molar-refractivity contribution in [3.05, 3.63) is 17.8 Å². The second kappa shape index (κ2) is 7.60. The molecule has 0 unspecified atom stereocenters. The smallest absolute Gasteiger partial charge is 0.271 e. The lowest BCUT2D eigenvalue weighted by Crippen LogP contribution is -2.24. The molecule has 1 amide bonds. The molecule has 0 atom stereocenters. The first-order valence-corrected chi connectivity index (χ1v) is 6.13. The predicted molar refractivity (Wildman–Crippen MR) is 68.1 cm³/mol. The fourth-order valence-electron chi connectivity index (χ4n) is 1.39. The monoisotopic (exact) mass is 236 g/mol. The second-order valence-electron chi connectivity index (χ2n) is 3.80. The van der Waals surface area contributed by atoms with E-state index in [0.717, 1.165) is 13.0 Å². The number of aromatic nitrogens is 2. The van der Waals surface area contributed by atoms with Gasteiger partial charge in [-0.3, -0.25) is 4.79 Å². The Morgan fingerprint density at radius 3 is 2.65 bits per heavy atom. The Hall–Kier alpha value is -1.65. The van der Waals surface area contributed by atoms with Gasteiger partial charge in [0.15, 0.2) is 5.69 Å². The van der Waals surface area contributed by atoms with Crippen LogP contribution < -0.4 is 10.6 Å². The van der Waals surface area contributed by atoms with E-state index in [4.69, 9.17) is 0 Å². The highest BCUT2D eigenvalue weighted by Gasteiger charge is 2.05. The molecule has 94 valence electrons. The zero-order chi connectivity index (χ0) is 12.5. The molecule has 1 aromatic rings. The Morgan fingerprint density at radius 2 is 2.06 bits per heavy atom. The first kappa shape index (κ1) is 13.4. The van der Waals surface area contributed by atoms with E-state index in [2.05, 4.69) is 27.8 Å². The molecule has 5 heteroatoms. The average Bonchev–Trinajstić information content (AvgIpc) is 2.36. The number of unbranched alkanes of at least 4 members (excludes halogenated alkanes) is 2. The van der Waals surface area contributed by atoms with Gasteiger partial charge < -0.3 is 10.6 Å². The molecule has 5 nitrogen and oxygen atoms in total. The van der Waals surface area contributed by atoms with Crippen LogP contribution in [0.5, 0.6) is 0 Å². The number of carbonyl (C=O) groups excluding carboxylic acids is 1. The molecule has 0 spiro atoms. The van der Waals surface area contributed by atoms with Gasteiger partial charge in [0.25, 0.3) is 5.91 Å². The van der Waals surface area contributed by atoms with Gasteiger partial charge in [-0.2, -0.15) is 0 Å². The maximum absolute atomic E-state index is 11.4. The SMILES string of the molecule is CCCCCNc1ccc(C(=O)NCC)nn1. The molecule has 0 aliphatic carbocycles. The number of carbonyl (C=O) groups is 1. The molecule has 0 radical (unpaired) electrons. The Labute approximate surface area is 102 Å². The van der Waals surface area contributed by atoms with Crippen molar-refractivity contribution in [3.63, 3.8) is 0 Å². The summed E-state index contributed by atoms with van der Waals surface area (Å²) in [5, 5.41) is 13.7. The van der Waals surface area contributed by atoms with E-state index in [1.54, 1.807) is 12.1 Å². The van der Waals surface area contributed by atoms with E-state index in [-0.39, 0.29) is 5.91 Å². The van der Waals surface area contributed by atoms with Crippen LogP contribution in [0.15, 0.2) is 12.1 Å². The van der Waals surface area contributed by atoms with Crippen LogP contribution in [-0.4, -0.2) is 29.2 Å². The molecule has 1 aromatic heterocycles. The molecular weight excluding hydrogens is 216 g/mol. The van der Waals surface area contributed by atoms with Gasteiger partial charge in [-0.25, -0.2) is 0 Å². The van der Waals surface area contributed by atoms with E-state index in [9.17, 15) is 4.79 Å². The van der Waals surface area contributed by atoms with Crippen LogP contribution in [0, 0.1) is 0 Å². The van der Waals surface area contributed by atoms with Crippen molar-refractivity contribution in [2.45, 2.75) is 33.1 Å². The summed E-state index contributed by atoms with van der Waals surface area (Å²) in [4.78, 5) is 11.4. The fourth-order valence-corrected chi connectivity index (χ4v) is 1.39. The zero-order valence-corrected chi connectivity index (χ0v) is 10.5. The lowest BCUT2D eigenvalue weighted by molar-refractivity contribution is 0.0950. The lowest BCUT2D eigenvalue weighted by Gasteiger charge is -2.05. The largest absolute Gasteiger partial charge is 0.369 e. The van der Waals surface area contributed by atoms with Crippen LogP contribution in [0.1, 0.15) is 43.6 Å². The highest BCUT2D eigenvalue weighted by Crippen LogP contribution is 2.03. The molecule has 0 saturated carbocycles. The third-order valence-electron chi connectivity index (χ3n) is 2.32. The normalized spacial score (nSPS) is 10.0. The van der Waals surface area contributed by atoms with Gasteiger partial charge in [-0.1, -0.05) is 19.8 Å². The minimum absolute atomic E-state index is 0.183. The maximum atomic E-state index is 11.4. The number of anilines is 1. The van der Waals surface area contributed by atoms with Gasteiger partial charge >= 0.3 is 0 Å². The minimum Gasteiger partial charge on any atom is -0.369 e. The molecule has 0 fully saturated rings. The van der Waals surface area contributed by atoms with Crippen molar-refractivity contribution < 1.29 is 4.79 Å². The zero-order valence-electron chi connectivity index (χ0n) is 10.5. The van der Waals surface area contributed by atoms with Crippen LogP contribution >= 0.6 is 0 Å². The summed E-state index contributed by atoms with van der Waals surface area (Å²) in [5.74, 6) is 0.534. The maximum Gasteiger partial charge on any atom is 0.271 e. The fraction of sp³-hybridized carbons (Fsp3) is 0.583. The van der Waals surface area contributed by atoms with Crippen molar-refractivity contribution in [1.29, 1.82) is 0 Å². The van der Waals surface area contributed by atoms with Crippen molar-refractivity contribution in [2.24, 2.45) is 0 Å². The molecule has 2 N–H and O–H groups in total. The van der Waals surface area contributed by atoms with Crippen LogP contribution in [-0.2, 0) is 0 Å². The molecule has 1 heterocycles. The molecule has 0 aliphatic rings. The van der Waals surface area contributed by atoms with E-state index < -0.39 is 0 Å². The summed E-state index contributed by atoms with van der Waals surface area (Å²) in [6.45, 7) is 5.52. The molecule has 0 saturated heterocycles. The topological polar surface area (TPSA) is 66.9 Å². The van der Waals surface area contributed by atoms with Crippen molar-refractivity contribution in [1.82, 2.24) is 15.5 Å². The van der Waals surface area contributed by atoms with Crippen LogP contribution in [0.4, 0.5) is 5.82 Å². The number of hydrogen-bond donors (Lipinski definition) is 2. The summed E-state index contributed by atoms with van der Waals surface area (Å²) in [5.41, 5.74) is 0.353. The summed E-state index contributed by atoms with van der Waals surface area (Å²) >= 11 is 0. The second-order valence-corrected chi connectivity index (χ2v) is 3.80. The Morgan fingerprint density at radius 1 is 1.24 bits per heavy atom. The van der Waals surface area contributed by atoms with Gasteiger partial charge in [0.05, 0.1) is 0 Å². The number of hydrogen-bond acceptors (Lipinski definition) is 4. The summed E-state index contributed by atoms with van der Waals surface area (Å²) in [6.07, 6.45) is 3.52. The summed E-state index contributed by atoms with van der Waals surface area (Å²) < 4.78 is 0. The van der Waals surface area contributed by atoms with E-state index in [0.29, 0.717) is 18.1 Å². The van der Waals surface area contributed by atoms with E-state index in [1.165, 1.54) is 12.8 Å². The molecule has 0 aromatic carbocycles. The minimum atomic E-state index is -0.183. The standard InChI is InChI=1S/C12H20N4O/c1-3-5-6-9-14-11-8-7-10(15-16-11)12(17)13-4-2/h7-8H,3-6,9H2,1-2H3,(H,13,17)(H,14,16). The van der Waals surface area contributed by atoms with Crippen molar-refractivity contribution in [3.8, 4) is 0 Å². The van der Waals surface area contributed by atoms with E-state index >= 15 is 0 Å². The van der Waals surface area contributed by atoms with Gasteiger partial charge in [0, 0.05) is 13.1 Å². The van der Waals surface area contributed by atoms with Crippen molar-refractivity contribution >= 4 is 11.7 Å². The quantitative estimate of drug-likeness (QED) is 0.709. The number of nitrogens with one attached hydrogen (secondary N) is 2. The van der Waals surface area contributed by atoms with Crippen LogP contribution in [0.25, 0.3) is 0 Å². The number of nitrogens with zero attached hydrogens (tertiary/aromatic N) is 2. The van der Waals surface area contributed by atoms with Gasteiger partial charge in [0.1, 0.15) is 5.82 Å². The Kier molecular flexibility index (Phi) is 5.99. The summed E-state index contributed by atoms with van der Waals surface area (Å²) in [7, 11) is 0. The first-order chi connectivity index (χ1) is 8.27. The van der Waals surface area contributed by atoms with Crippen LogP contribution in [0.2, 0.25) is 0 Å². The lowest BCUT2D eigenvalue weighted by atomic mass is 10.2. The predicted octanol–water partition coefficient (Wildman–Crippen LogP) is 1.83. The first-order valence-electron chi connectivity index (χ1n) is 6.13. The van der Waals surface area contributed by atoms with E-state index in [1.807, 2.05) is 6.92 Å². The number of rotatable bonds is 7. The highest BCUT2D eigenvalue weighted by molar-refractivity contribution is 5.92. The van der Waals surface area contributed by atoms with Gasteiger partial charge in [-0.05, 0) is 25.5 Å². The molecule has 17 heavy (non-hydrogen) atoms. The third kappa shape index (κ3) is 4.80. The van der Waals surface area contributed by atoms with Gasteiger partial charge in [0.2, 0.25) is 0 Å². The van der Waals surface area contributed by atoms with Crippen molar-refractivity contribution in [2.75, 3.05) is 18.4 Å². The average molecular weight is 236 g/mol. The molecule has 0 aliphatic heterocycles. The Balaban J connectivity index is 2.42. The molecular formula is C12H20N4O.